The molecule has 0 saturated heterocycles. The number of hydrogen-bond acceptors (Lipinski definition) is 2. The maximum Gasteiger partial charge on any atom is 0.330 e. The molecule has 0 heterocycles. The van der Waals surface area contributed by atoms with Gasteiger partial charge in [0.15, 0.2) is 0 Å². The Hall–Kier alpha value is -0.790. The van der Waals surface area contributed by atoms with Crippen molar-refractivity contribution in [3.05, 3.63) is 12.2 Å². The zero-order valence-electron chi connectivity index (χ0n) is 8.88. The Morgan fingerprint density at radius 2 is 2.15 bits per heavy atom. The van der Waals surface area contributed by atoms with Crippen molar-refractivity contribution in [3.8, 4) is 0 Å². The van der Waals surface area contributed by atoms with E-state index in [1.807, 2.05) is 19.9 Å². The monoisotopic (exact) mass is 184 g/mol. The largest absolute Gasteiger partial charge is 0.462 e. The topological polar surface area (TPSA) is 26.3 Å². The van der Waals surface area contributed by atoms with Gasteiger partial charge in [0.25, 0.3) is 0 Å². The second kappa shape index (κ2) is 7.84. The third-order valence-corrected chi connectivity index (χ3v) is 1.54. The van der Waals surface area contributed by atoms with Crippen molar-refractivity contribution in [3.63, 3.8) is 0 Å². The third-order valence-electron chi connectivity index (χ3n) is 1.54. The molecule has 2 nitrogen and oxygen atoms in total. The van der Waals surface area contributed by atoms with Gasteiger partial charge in [-0.3, -0.25) is 0 Å². The first kappa shape index (κ1) is 12.2. The summed E-state index contributed by atoms with van der Waals surface area (Å²) in [5.41, 5.74) is 0. The van der Waals surface area contributed by atoms with Crippen LogP contribution in [0.25, 0.3) is 0 Å². The Morgan fingerprint density at radius 1 is 1.46 bits per heavy atom. The first-order valence-corrected chi connectivity index (χ1v) is 5.00. The highest BCUT2D eigenvalue weighted by Gasteiger charge is 1.98. The van der Waals surface area contributed by atoms with Gasteiger partial charge in [-0.15, -0.1) is 0 Å². The molecule has 0 aliphatic heterocycles. The highest BCUT2D eigenvalue weighted by Crippen LogP contribution is 1.97. The molecule has 13 heavy (non-hydrogen) atoms. The molecule has 0 rings (SSSR count). The predicted molar refractivity (Wildman–Crippen MR) is 54.5 cm³/mol. The number of hydrogen-bond donors (Lipinski definition) is 0. The summed E-state index contributed by atoms with van der Waals surface area (Å²) in [7, 11) is 0. The van der Waals surface area contributed by atoms with Crippen LogP contribution in [0.4, 0.5) is 0 Å². The molecule has 0 N–H and O–H groups in total. The SMILES string of the molecule is CCCC/C=C/C(=O)OCC(C)C. The zero-order valence-corrected chi connectivity index (χ0v) is 8.88. The molecular formula is C11H20O2. The summed E-state index contributed by atoms with van der Waals surface area (Å²) in [5.74, 6) is 0.192. The Morgan fingerprint density at radius 3 is 2.69 bits per heavy atom. The lowest BCUT2D eigenvalue weighted by molar-refractivity contribution is -0.138. The summed E-state index contributed by atoms with van der Waals surface area (Å²) in [6, 6.07) is 0. The molecule has 76 valence electrons. The van der Waals surface area contributed by atoms with E-state index in [-0.39, 0.29) is 5.97 Å². The molecule has 0 aliphatic carbocycles. The van der Waals surface area contributed by atoms with Crippen molar-refractivity contribution in [1.82, 2.24) is 0 Å². The quantitative estimate of drug-likeness (QED) is 0.360. The second-order valence-electron chi connectivity index (χ2n) is 3.57. The minimum atomic E-state index is -0.218. The molecule has 0 radical (unpaired) electrons. The number of esters is 1. The molecule has 0 spiro atoms. The van der Waals surface area contributed by atoms with Crippen LogP contribution in [-0.2, 0) is 9.53 Å². The third kappa shape index (κ3) is 9.12. The Bertz CT molecular complexity index is 159. The maximum absolute atomic E-state index is 11.0. The number of allylic oxidation sites excluding steroid dienone is 1. The van der Waals surface area contributed by atoms with Gasteiger partial charge in [-0.25, -0.2) is 4.79 Å². The van der Waals surface area contributed by atoms with Crippen molar-refractivity contribution in [2.45, 2.75) is 40.0 Å². The lowest BCUT2D eigenvalue weighted by atomic mass is 10.2. The summed E-state index contributed by atoms with van der Waals surface area (Å²) in [4.78, 5) is 11.0. The molecular weight excluding hydrogens is 164 g/mol. The van der Waals surface area contributed by atoms with E-state index >= 15 is 0 Å². The normalized spacial score (nSPS) is 11.1. The van der Waals surface area contributed by atoms with E-state index < -0.39 is 0 Å². The van der Waals surface area contributed by atoms with E-state index in [2.05, 4.69) is 6.92 Å². The van der Waals surface area contributed by atoms with Crippen molar-refractivity contribution in [2.24, 2.45) is 5.92 Å². The van der Waals surface area contributed by atoms with Gasteiger partial charge in [-0.2, -0.15) is 0 Å². The molecule has 0 aromatic carbocycles. The maximum atomic E-state index is 11.0. The van der Waals surface area contributed by atoms with Crippen LogP contribution >= 0.6 is 0 Å². The fourth-order valence-corrected chi connectivity index (χ4v) is 0.798. The van der Waals surface area contributed by atoms with Gasteiger partial charge in [-0.05, 0) is 12.3 Å². The highest BCUT2D eigenvalue weighted by atomic mass is 16.5. The van der Waals surface area contributed by atoms with E-state index in [9.17, 15) is 4.79 Å². The molecule has 0 unspecified atom stereocenters. The van der Waals surface area contributed by atoms with Crippen molar-refractivity contribution in [2.75, 3.05) is 6.61 Å². The Kier molecular flexibility index (Phi) is 7.36. The first-order chi connectivity index (χ1) is 6.16. The van der Waals surface area contributed by atoms with Gasteiger partial charge < -0.3 is 4.74 Å². The van der Waals surface area contributed by atoms with Crippen LogP contribution in [-0.4, -0.2) is 12.6 Å². The lowest BCUT2D eigenvalue weighted by Crippen LogP contribution is -2.06. The van der Waals surface area contributed by atoms with Crippen LogP contribution in [0.2, 0.25) is 0 Å². The second-order valence-corrected chi connectivity index (χ2v) is 3.57. The van der Waals surface area contributed by atoms with Crippen LogP contribution in [0, 0.1) is 5.92 Å². The van der Waals surface area contributed by atoms with Crippen LogP contribution in [0.15, 0.2) is 12.2 Å². The number of rotatable bonds is 6. The molecule has 2 heteroatoms. The van der Waals surface area contributed by atoms with Gasteiger partial charge in [0.1, 0.15) is 0 Å². The summed E-state index contributed by atoms with van der Waals surface area (Å²) in [6.45, 7) is 6.68. The van der Waals surface area contributed by atoms with E-state index in [4.69, 9.17) is 4.74 Å². The van der Waals surface area contributed by atoms with Crippen LogP contribution < -0.4 is 0 Å². The molecule has 0 fully saturated rings. The van der Waals surface area contributed by atoms with Gasteiger partial charge in [0, 0.05) is 6.08 Å². The fraction of sp³-hybridized carbons (Fsp3) is 0.727. The van der Waals surface area contributed by atoms with E-state index in [0.29, 0.717) is 12.5 Å². The summed E-state index contributed by atoms with van der Waals surface area (Å²) >= 11 is 0. The smallest absolute Gasteiger partial charge is 0.330 e. The zero-order chi connectivity index (χ0) is 10.1. The Balaban J connectivity index is 3.44. The minimum absolute atomic E-state index is 0.218. The molecule has 0 aromatic rings. The number of carbonyl (C=O) groups excluding carboxylic acids is 1. The van der Waals surface area contributed by atoms with E-state index in [1.54, 1.807) is 0 Å². The molecule has 0 aliphatic rings. The average Bonchev–Trinajstić information content (AvgIpc) is 2.09. The van der Waals surface area contributed by atoms with Crippen molar-refractivity contribution < 1.29 is 9.53 Å². The van der Waals surface area contributed by atoms with Crippen LogP contribution in [0.3, 0.4) is 0 Å². The molecule has 0 bridgehead atoms. The first-order valence-electron chi connectivity index (χ1n) is 5.00. The predicted octanol–water partition coefficient (Wildman–Crippen LogP) is 2.93. The molecule has 0 saturated carbocycles. The van der Waals surface area contributed by atoms with Crippen molar-refractivity contribution >= 4 is 5.97 Å². The Labute approximate surface area is 81.0 Å². The van der Waals surface area contributed by atoms with Gasteiger partial charge in [-0.1, -0.05) is 39.7 Å². The fourth-order valence-electron chi connectivity index (χ4n) is 0.798. The van der Waals surface area contributed by atoms with Gasteiger partial charge in [0.05, 0.1) is 6.61 Å². The summed E-state index contributed by atoms with van der Waals surface area (Å²) < 4.78 is 4.96. The lowest BCUT2D eigenvalue weighted by Gasteiger charge is -2.03. The highest BCUT2D eigenvalue weighted by molar-refractivity contribution is 5.81. The number of carbonyl (C=O) groups is 1. The molecule has 0 amide bonds. The average molecular weight is 184 g/mol. The van der Waals surface area contributed by atoms with E-state index in [1.165, 1.54) is 6.08 Å². The number of ether oxygens (including phenoxy) is 1. The minimum Gasteiger partial charge on any atom is -0.462 e. The van der Waals surface area contributed by atoms with Crippen molar-refractivity contribution in [1.29, 1.82) is 0 Å². The van der Waals surface area contributed by atoms with Gasteiger partial charge >= 0.3 is 5.97 Å². The van der Waals surface area contributed by atoms with Crippen LogP contribution in [0.1, 0.15) is 40.0 Å². The standard InChI is InChI=1S/C11H20O2/c1-4-5-6-7-8-11(12)13-9-10(2)3/h7-8,10H,4-6,9H2,1-3H3/b8-7+. The van der Waals surface area contributed by atoms with E-state index in [0.717, 1.165) is 19.3 Å². The van der Waals surface area contributed by atoms with Crippen LogP contribution in [0.5, 0.6) is 0 Å². The molecule has 0 atom stereocenters. The molecule has 0 aromatic heterocycles. The summed E-state index contributed by atoms with van der Waals surface area (Å²) in [5, 5.41) is 0. The van der Waals surface area contributed by atoms with Gasteiger partial charge in [0.2, 0.25) is 0 Å². The number of unbranched alkanes of at least 4 members (excludes halogenated alkanes) is 2. The summed E-state index contributed by atoms with van der Waals surface area (Å²) in [6.07, 6.45) is 6.66.